The van der Waals surface area contributed by atoms with Gasteiger partial charge in [-0.1, -0.05) is 12.1 Å². The highest BCUT2D eigenvalue weighted by molar-refractivity contribution is 5.93. The van der Waals surface area contributed by atoms with Gasteiger partial charge in [-0.25, -0.2) is 14.8 Å². The van der Waals surface area contributed by atoms with E-state index in [0.717, 1.165) is 24.9 Å². The minimum atomic E-state index is -1.11. The number of carbonyl (C=O) groups is 1. The molecule has 6 heteroatoms. The molecule has 2 heterocycles. The van der Waals surface area contributed by atoms with E-state index in [1.54, 1.807) is 0 Å². The average molecular weight is 272 g/mol. The zero-order chi connectivity index (χ0) is 14.1. The van der Waals surface area contributed by atoms with Crippen molar-refractivity contribution >= 4 is 22.7 Å². The first kappa shape index (κ1) is 12.8. The second kappa shape index (κ2) is 5.05. The summed E-state index contributed by atoms with van der Waals surface area (Å²) in [7, 11) is 0. The number of carboxylic acid groups (broad SMARTS) is 1. The van der Waals surface area contributed by atoms with Gasteiger partial charge in [-0.05, 0) is 31.0 Å². The number of rotatable bonds is 3. The van der Waals surface area contributed by atoms with Crippen molar-refractivity contribution in [2.75, 3.05) is 24.5 Å². The van der Waals surface area contributed by atoms with E-state index >= 15 is 0 Å². The van der Waals surface area contributed by atoms with E-state index in [4.69, 9.17) is 10.8 Å². The van der Waals surface area contributed by atoms with Crippen molar-refractivity contribution in [3.8, 4) is 0 Å². The Balaban J connectivity index is 2.10. The number of aromatic carboxylic acids is 1. The molecule has 0 spiro atoms. The number of nitrogens with zero attached hydrogens (tertiary/aromatic N) is 3. The third-order valence-electron chi connectivity index (χ3n) is 3.69. The number of hydrogen-bond acceptors (Lipinski definition) is 5. The summed E-state index contributed by atoms with van der Waals surface area (Å²) >= 11 is 0. The van der Waals surface area contributed by atoms with E-state index in [2.05, 4.69) is 14.9 Å². The lowest BCUT2D eigenvalue weighted by Gasteiger charge is -2.19. The maximum Gasteiger partial charge on any atom is 0.374 e. The Hall–Kier alpha value is -2.21. The molecule has 20 heavy (non-hydrogen) atoms. The summed E-state index contributed by atoms with van der Waals surface area (Å²) in [4.78, 5) is 21.6. The van der Waals surface area contributed by atoms with E-state index < -0.39 is 5.97 Å². The smallest absolute Gasteiger partial charge is 0.374 e. The van der Waals surface area contributed by atoms with Crippen LogP contribution in [0.5, 0.6) is 0 Å². The van der Waals surface area contributed by atoms with Gasteiger partial charge < -0.3 is 15.7 Å². The van der Waals surface area contributed by atoms with Crippen LogP contribution >= 0.6 is 0 Å². The van der Waals surface area contributed by atoms with Gasteiger partial charge in [-0.15, -0.1) is 0 Å². The van der Waals surface area contributed by atoms with Crippen molar-refractivity contribution in [3.63, 3.8) is 0 Å². The van der Waals surface area contributed by atoms with Gasteiger partial charge >= 0.3 is 5.97 Å². The number of nitrogens with two attached hydrogens (primary N) is 1. The summed E-state index contributed by atoms with van der Waals surface area (Å²) in [5.41, 5.74) is 6.37. The SMILES string of the molecule is NCC1CCN(c2nc(C(=O)O)nc3ccccc23)C1. The monoisotopic (exact) mass is 272 g/mol. The number of fused-ring (bicyclic) bond motifs is 1. The molecule has 104 valence electrons. The minimum Gasteiger partial charge on any atom is -0.475 e. The fraction of sp³-hybridized carbons (Fsp3) is 0.357. The van der Waals surface area contributed by atoms with Gasteiger partial charge in [0.2, 0.25) is 5.82 Å². The average Bonchev–Trinajstić information content (AvgIpc) is 2.94. The maximum atomic E-state index is 11.2. The third kappa shape index (κ3) is 2.18. The van der Waals surface area contributed by atoms with E-state index in [1.807, 2.05) is 24.3 Å². The van der Waals surface area contributed by atoms with Crippen LogP contribution in [-0.4, -0.2) is 40.7 Å². The predicted octanol–water partition coefficient (Wildman–Crippen LogP) is 1.11. The van der Waals surface area contributed by atoms with Crippen LogP contribution in [0, 0.1) is 5.92 Å². The normalized spacial score (nSPS) is 18.6. The molecule has 1 atom stereocenters. The van der Waals surface area contributed by atoms with Crippen molar-refractivity contribution in [2.24, 2.45) is 11.7 Å². The standard InChI is InChI=1S/C14H16N4O2/c15-7-9-5-6-18(8-9)13-10-3-1-2-4-11(10)16-12(17-13)14(19)20/h1-4,9H,5-8,15H2,(H,19,20). The number of benzene rings is 1. The zero-order valence-corrected chi connectivity index (χ0v) is 11.0. The number of aromatic nitrogens is 2. The molecular formula is C14H16N4O2. The van der Waals surface area contributed by atoms with Crippen molar-refractivity contribution < 1.29 is 9.90 Å². The Morgan fingerprint density at radius 3 is 2.90 bits per heavy atom. The molecule has 0 bridgehead atoms. The van der Waals surface area contributed by atoms with E-state index in [0.29, 0.717) is 23.8 Å². The second-order valence-corrected chi connectivity index (χ2v) is 5.03. The molecule has 1 fully saturated rings. The maximum absolute atomic E-state index is 11.2. The molecule has 0 saturated carbocycles. The van der Waals surface area contributed by atoms with Crippen LogP contribution in [0.4, 0.5) is 5.82 Å². The topological polar surface area (TPSA) is 92.3 Å². The summed E-state index contributed by atoms with van der Waals surface area (Å²) in [5, 5.41) is 10.0. The van der Waals surface area contributed by atoms with E-state index in [-0.39, 0.29) is 5.82 Å². The Kier molecular flexibility index (Phi) is 3.23. The van der Waals surface area contributed by atoms with E-state index in [9.17, 15) is 4.79 Å². The van der Waals surface area contributed by atoms with Gasteiger partial charge in [0.15, 0.2) is 0 Å². The molecule has 3 rings (SSSR count). The minimum absolute atomic E-state index is 0.158. The fourth-order valence-electron chi connectivity index (χ4n) is 2.61. The lowest BCUT2D eigenvalue weighted by Crippen LogP contribution is -2.24. The largest absolute Gasteiger partial charge is 0.475 e. The first-order chi connectivity index (χ1) is 9.69. The van der Waals surface area contributed by atoms with Crippen LogP contribution in [0.2, 0.25) is 0 Å². The number of para-hydroxylation sites is 1. The second-order valence-electron chi connectivity index (χ2n) is 5.03. The molecule has 1 saturated heterocycles. The first-order valence-corrected chi connectivity index (χ1v) is 6.64. The van der Waals surface area contributed by atoms with Crippen LogP contribution in [-0.2, 0) is 0 Å². The van der Waals surface area contributed by atoms with Crippen molar-refractivity contribution in [2.45, 2.75) is 6.42 Å². The molecule has 1 aromatic heterocycles. The third-order valence-corrected chi connectivity index (χ3v) is 3.69. The Bertz CT molecular complexity index is 659. The fourth-order valence-corrected chi connectivity index (χ4v) is 2.61. The summed E-state index contributed by atoms with van der Waals surface area (Å²) in [6.07, 6.45) is 1.01. The lowest BCUT2D eigenvalue weighted by atomic mass is 10.1. The molecule has 1 aliphatic heterocycles. The highest BCUT2D eigenvalue weighted by Crippen LogP contribution is 2.28. The van der Waals surface area contributed by atoms with Crippen LogP contribution in [0.3, 0.4) is 0 Å². The van der Waals surface area contributed by atoms with Crippen LogP contribution in [0.1, 0.15) is 17.0 Å². The molecular weight excluding hydrogens is 256 g/mol. The number of hydrogen-bond donors (Lipinski definition) is 2. The van der Waals surface area contributed by atoms with E-state index in [1.165, 1.54) is 0 Å². The summed E-state index contributed by atoms with van der Waals surface area (Å²) in [6, 6.07) is 7.49. The highest BCUT2D eigenvalue weighted by Gasteiger charge is 2.25. The van der Waals surface area contributed by atoms with Gasteiger partial charge in [-0.3, -0.25) is 0 Å². The van der Waals surface area contributed by atoms with Gasteiger partial charge in [0.05, 0.1) is 5.52 Å². The Morgan fingerprint density at radius 1 is 1.40 bits per heavy atom. The summed E-state index contributed by atoms with van der Waals surface area (Å²) < 4.78 is 0. The summed E-state index contributed by atoms with van der Waals surface area (Å²) in [6.45, 7) is 2.31. The molecule has 1 aromatic carbocycles. The molecule has 0 amide bonds. The van der Waals surface area contributed by atoms with Crippen LogP contribution in [0.25, 0.3) is 10.9 Å². The molecule has 0 radical (unpaired) electrons. The Labute approximate surface area is 116 Å². The number of carboxylic acids is 1. The highest BCUT2D eigenvalue weighted by atomic mass is 16.4. The summed E-state index contributed by atoms with van der Waals surface area (Å²) in [5.74, 6) is -0.123. The molecule has 2 aromatic rings. The zero-order valence-electron chi connectivity index (χ0n) is 11.0. The molecule has 0 aliphatic carbocycles. The van der Waals surface area contributed by atoms with Crippen molar-refractivity contribution in [1.82, 2.24) is 9.97 Å². The lowest BCUT2D eigenvalue weighted by molar-refractivity contribution is 0.0684. The van der Waals surface area contributed by atoms with Crippen molar-refractivity contribution in [3.05, 3.63) is 30.1 Å². The van der Waals surface area contributed by atoms with Crippen LogP contribution in [0.15, 0.2) is 24.3 Å². The molecule has 1 aliphatic rings. The quantitative estimate of drug-likeness (QED) is 0.869. The molecule has 3 N–H and O–H groups in total. The Morgan fingerprint density at radius 2 is 2.20 bits per heavy atom. The van der Waals surface area contributed by atoms with Gasteiger partial charge in [0.1, 0.15) is 5.82 Å². The van der Waals surface area contributed by atoms with Gasteiger partial charge in [0.25, 0.3) is 0 Å². The van der Waals surface area contributed by atoms with Crippen LogP contribution < -0.4 is 10.6 Å². The predicted molar refractivity (Wildman–Crippen MR) is 75.9 cm³/mol. The van der Waals surface area contributed by atoms with Gasteiger partial charge in [0, 0.05) is 18.5 Å². The molecule has 1 unspecified atom stereocenters. The van der Waals surface area contributed by atoms with Crippen molar-refractivity contribution in [1.29, 1.82) is 0 Å². The number of anilines is 1. The van der Waals surface area contributed by atoms with Gasteiger partial charge in [-0.2, -0.15) is 0 Å². The molecule has 6 nitrogen and oxygen atoms in total. The first-order valence-electron chi connectivity index (χ1n) is 6.64.